The highest BCUT2D eigenvalue weighted by molar-refractivity contribution is 7.10. The van der Waals surface area contributed by atoms with Gasteiger partial charge in [-0.1, -0.05) is 6.07 Å². The number of likely N-dealkylation sites (N-methyl/N-ethyl adjacent to an activating group) is 1. The van der Waals surface area contributed by atoms with Crippen LogP contribution in [0.1, 0.15) is 42.5 Å². The molecule has 1 saturated heterocycles. The summed E-state index contributed by atoms with van der Waals surface area (Å²) < 4.78 is 5.62. The summed E-state index contributed by atoms with van der Waals surface area (Å²) in [6.45, 7) is 6.78. The molecule has 7 heteroatoms. The van der Waals surface area contributed by atoms with Crippen LogP contribution in [0.3, 0.4) is 0 Å². The lowest BCUT2D eigenvalue weighted by atomic mass is 10.2. The van der Waals surface area contributed by atoms with Gasteiger partial charge in [0.05, 0.1) is 24.9 Å². The molecule has 154 valence electrons. The van der Waals surface area contributed by atoms with Crippen LogP contribution in [-0.2, 0) is 0 Å². The minimum absolute atomic E-state index is 0.158. The van der Waals surface area contributed by atoms with Crippen LogP contribution in [0, 0.1) is 0 Å². The van der Waals surface area contributed by atoms with Crippen LogP contribution >= 0.6 is 11.3 Å². The van der Waals surface area contributed by atoms with Crippen molar-refractivity contribution in [3.8, 4) is 0 Å². The minimum Gasteiger partial charge on any atom is -0.468 e. The predicted octanol–water partition coefficient (Wildman–Crippen LogP) is 3.34. The molecular weight excluding hydrogens is 370 g/mol. The molecule has 3 heterocycles. The highest BCUT2D eigenvalue weighted by Crippen LogP contribution is 2.28. The molecule has 0 bridgehead atoms. The van der Waals surface area contributed by atoms with E-state index < -0.39 is 0 Å². The van der Waals surface area contributed by atoms with Crippen LogP contribution in [-0.4, -0.2) is 62.6 Å². The molecule has 1 aliphatic heterocycles. The number of rotatable bonds is 9. The molecule has 0 spiro atoms. The third-order valence-electron chi connectivity index (χ3n) is 5.18. The fourth-order valence-electron chi connectivity index (χ4n) is 3.65. The number of furan rings is 1. The Balaban J connectivity index is 1.66. The van der Waals surface area contributed by atoms with Gasteiger partial charge in [0.25, 0.3) is 0 Å². The highest BCUT2D eigenvalue weighted by Gasteiger charge is 2.24. The third-order valence-corrected chi connectivity index (χ3v) is 6.15. The molecular formula is C21H33N5OS. The monoisotopic (exact) mass is 403 g/mol. The predicted molar refractivity (Wildman–Crippen MR) is 117 cm³/mol. The Morgan fingerprint density at radius 1 is 1.25 bits per heavy atom. The first-order valence-corrected chi connectivity index (χ1v) is 11.1. The SMILES string of the molecule is CCNC(=NCC(c1cccs1)N1CCCC1)NCC(c1ccco1)N(C)C. The van der Waals surface area contributed by atoms with Gasteiger partial charge in [-0.2, -0.15) is 0 Å². The average molecular weight is 404 g/mol. The number of nitrogens with zero attached hydrogens (tertiary/aromatic N) is 3. The first kappa shape index (κ1) is 20.9. The van der Waals surface area contributed by atoms with Gasteiger partial charge in [-0.3, -0.25) is 14.8 Å². The smallest absolute Gasteiger partial charge is 0.191 e. The van der Waals surface area contributed by atoms with Crippen molar-refractivity contribution in [3.63, 3.8) is 0 Å². The van der Waals surface area contributed by atoms with Crippen LogP contribution in [0.2, 0.25) is 0 Å². The fourth-order valence-corrected chi connectivity index (χ4v) is 4.50. The Morgan fingerprint density at radius 3 is 2.68 bits per heavy atom. The van der Waals surface area contributed by atoms with Gasteiger partial charge in [0.2, 0.25) is 0 Å². The van der Waals surface area contributed by atoms with Gasteiger partial charge in [-0.15, -0.1) is 11.3 Å². The molecule has 2 aromatic rings. The van der Waals surface area contributed by atoms with E-state index in [1.807, 2.05) is 23.5 Å². The van der Waals surface area contributed by atoms with Gasteiger partial charge in [-0.05, 0) is 70.5 Å². The third kappa shape index (κ3) is 5.59. The molecule has 2 aromatic heterocycles. The summed E-state index contributed by atoms with van der Waals surface area (Å²) in [5.74, 6) is 1.82. The van der Waals surface area contributed by atoms with Crippen LogP contribution < -0.4 is 10.6 Å². The zero-order valence-corrected chi connectivity index (χ0v) is 18.0. The Bertz CT molecular complexity index is 692. The molecule has 0 radical (unpaired) electrons. The fraction of sp³-hybridized carbons (Fsp3) is 0.571. The molecule has 28 heavy (non-hydrogen) atoms. The van der Waals surface area contributed by atoms with E-state index in [0.29, 0.717) is 6.04 Å². The van der Waals surface area contributed by atoms with E-state index >= 15 is 0 Å². The lowest BCUT2D eigenvalue weighted by Gasteiger charge is -2.26. The van der Waals surface area contributed by atoms with E-state index in [-0.39, 0.29) is 6.04 Å². The summed E-state index contributed by atoms with van der Waals surface area (Å²) in [6.07, 6.45) is 4.31. The second-order valence-electron chi connectivity index (χ2n) is 7.37. The maximum Gasteiger partial charge on any atom is 0.191 e. The standard InChI is InChI=1S/C21H33N5OS/c1-4-22-21(23-15-17(25(2)3)19-9-7-13-27-19)24-16-18(20-10-8-14-28-20)26-11-5-6-12-26/h7-10,13-14,17-18H,4-6,11-12,15-16H2,1-3H3,(H2,22,23,24). The summed E-state index contributed by atoms with van der Waals surface area (Å²) in [7, 11) is 4.14. The quantitative estimate of drug-likeness (QED) is 0.497. The zero-order chi connectivity index (χ0) is 19.8. The molecule has 0 aliphatic carbocycles. The van der Waals surface area contributed by atoms with Crippen LogP contribution in [0.5, 0.6) is 0 Å². The summed E-state index contributed by atoms with van der Waals surface area (Å²) >= 11 is 1.83. The number of hydrogen-bond acceptors (Lipinski definition) is 5. The van der Waals surface area contributed by atoms with E-state index in [1.54, 1.807) is 6.26 Å². The highest BCUT2D eigenvalue weighted by atomic mass is 32.1. The topological polar surface area (TPSA) is 56.0 Å². The molecule has 1 aliphatic rings. The van der Waals surface area contributed by atoms with Crippen LogP contribution in [0.4, 0.5) is 0 Å². The average Bonchev–Trinajstić information content (AvgIpc) is 3.45. The van der Waals surface area contributed by atoms with Crippen LogP contribution in [0.15, 0.2) is 45.3 Å². The Labute approximate surface area is 172 Å². The molecule has 2 atom stereocenters. The Morgan fingerprint density at radius 2 is 2.07 bits per heavy atom. The van der Waals surface area contributed by atoms with Gasteiger partial charge in [0.1, 0.15) is 5.76 Å². The molecule has 0 amide bonds. The summed E-state index contributed by atoms with van der Waals surface area (Å²) in [6, 6.07) is 8.87. The number of hydrogen-bond donors (Lipinski definition) is 2. The molecule has 6 nitrogen and oxygen atoms in total. The molecule has 0 aromatic carbocycles. The largest absolute Gasteiger partial charge is 0.468 e. The van der Waals surface area contributed by atoms with Crippen molar-refractivity contribution in [2.24, 2.45) is 4.99 Å². The van der Waals surface area contributed by atoms with Crippen molar-refractivity contribution < 1.29 is 4.42 Å². The summed E-state index contributed by atoms with van der Waals surface area (Å²) in [4.78, 5) is 11.1. The van der Waals surface area contributed by atoms with Gasteiger partial charge in [0, 0.05) is 18.0 Å². The number of thiophene rings is 1. The van der Waals surface area contributed by atoms with E-state index in [0.717, 1.165) is 31.4 Å². The van der Waals surface area contributed by atoms with Crippen molar-refractivity contribution in [1.29, 1.82) is 0 Å². The number of guanidine groups is 1. The first-order valence-electron chi connectivity index (χ1n) is 10.2. The molecule has 2 N–H and O–H groups in total. The van der Waals surface area contributed by atoms with Crippen molar-refractivity contribution in [2.45, 2.75) is 31.8 Å². The number of nitrogens with one attached hydrogen (secondary N) is 2. The second kappa shape index (κ2) is 10.6. The van der Waals surface area contributed by atoms with Crippen molar-refractivity contribution >= 4 is 17.3 Å². The minimum atomic E-state index is 0.158. The van der Waals surface area contributed by atoms with Gasteiger partial charge >= 0.3 is 0 Å². The van der Waals surface area contributed by atoms with E-state index in [2.05, 4.69) is 59.0 Å². The summed E-state index contributed by atoms with van der Waals surface area (Å²) in [5.41, 5.74) is 0. The van der Waals surface area contributed by atoms with Crippen molar-refractivity contribution in [2.75, 3.05) is 46.8 Å². The first-order chi connectivity index (χ1) is 13.7. The number of aliphatic imine (C=N–C) groups is 1. The van der Waals surface area contributed by atoms with Crippen molar-refractivity contribution in [1.82, 2.24) is 20.4 Å². The molecule has 0 saturated carbocycles. The van der Waals surface area contributed by atoms with E-state index in [1.165, 1.54) is 30.8 Å². The molecule has 3 rings (SSSR count). The van der Waals surface area contributed by atoms with Crippen molar-refractivity contribution in [3.05, 3.63) is 46.5 Å². The normalized spacial score (nSPS) is 17.8. The lowest BCUT2D eigenvalue weighted by Crippen LogP contribution is -2.42. The van der Waals surface area contributed by atoms with Gasteiger partial charge in [0.15, 0.2) is 5.96 Å². The maximum atomic E-state index is 5.62. The maximum absolute atomic E-state index is 5.62. The lowest BCUT2D eigenvalue weighted by molar-refractivity contribution is 0.253. The molecule has 2 unspecified atom stereocenters. The van der Waals surface area contributed by atoms with Gasteiger partial charge < -0.3 is 15.1 Å². The van der Waals surface area contributed by atoms with Crippen LogP contribution in [0.25, 0.3) is 0 Å². The van der Waals surface area contributed by atoms with E-state index in [4.69, 9.17) is 9.41 Å². The van der Waals surface area contributed by atoms with Gasteiger partial charge in [-0.25, -0.2) is 0 Å². The summed E-state index contributed by atoms with van der Waals surface area (Å²) in [5, 5.41) is 9.06. The zero-order valence-electron chi connectivity index (χ0n) is 17.2. The molecule has 1 fully saturated rings. The number of likely N-dealkylation sites (tertiary alicyclic amines) is 1. The second-order valence-corrected chi connectivity index (χ2v) is 8.35. The van der Waals surface area contributed by atoms with E-state index in [9.17, 15) is 0 Å². The Kier molecular flexibility index (Phi) is 7.94. The Hall–Kier alpha value is -1.83.